The van der Waals surface area contributed by atoms with Gasteiger partial charge >= 0.3 is 0 Å². The second-order valence-electron chi connectivity index (χ2n) is 12.5. The van der Waals surface area contributed by atoms with Crippen LogP contribution in [-0.2, 0) is 18.9 Å². The fraction of sp³-hybridized carbons (Fsp3) is 0.324. The maximum Gasteiger partial charge on any atom is 0.213 e. The van der Waals surface area contributed by atoms with Crippen molar-refractivity contribution in [2.45, 2.75) is 60.3 Å². The van der Waals surface area contributed by atoms with Crippen LogP contribution in [0.15, 0.2) is 72.9 Å². The molecule has 0 unspecified atom stereocenters. The van der Waals surface area contributed by atoms with Crippen LogP contribution in [0.25, 0.3) is 42.6 Å². The molecule has 3 aromatic carbocycles. The van der Waals surface area contributed by atoms with Gasteiger partial charge in [-0.05, 0) is 75.2 Å². The van der Waals surface area contributed by atoms with E-state index in [2.05, 4.69) is 133 Å². The van der Waals surface area contributed by atoms with E-state index in [1.54, 1.807) is 0 Å². The van der Waals surface area contributed by atoms with Crippen molar-refractivity contribution in [1.29, 1.82) is 0 Å². The molecule has 36 heavy (non-hydrogen) atoms. The zero-order valence-corrected chi connectivity index (χ0v) is 23.8. The molecule has 184 valence electrons. The molecule has 0 N–H and O–H groups in total. The summed E-state index contributed by atoms with van der Waals surface area (Å²) < 4.78 is 3.62. The molecule has 0 spiro atoms. The molecule has 0 saturated heterocycles. The number of hydrogen-bond donors (Lipinski definition) is 0. The molecule has 1 nitrogen and oxygen atoms in total. The van der Waals surface area contributed by atoms with Crippen LogP contribution in [0.5, 0.6) is 0 Å². The molecule has 0 atom stereocenters. The summed E-state index contributed by atoms with van der Waals surface area (Å²) in [5.41, 5.74) is 8.37. The molecule has 0 bridgehead atoms. The second kappa shape index (κ2) is 8.85. The van der Waals surface area contributed by atoms with E-state index in [0.717, 1.165) is 6.42 Å². The number of benzene rings is 3. The molecule has 0 saturated carbocycles. The summed E-state index contributed by atoms with van der Waals surface area (Å²) in [5, 5.41) is 4.06. The molecule has 2 heteroatoms. The Balaban J connectivity index is 1.64. The third kappa shape index (κ3) is 4.72. The van der Waals surface area contributed by atoms with Gasteiger partial charge in [-0.1, -0.05) is 77.9 Å². The Kier molecular flexibility index (Phi) is 6.08. The standard InChI is InChI=1S/C34H38NS/c1-22-26-11-9-10-12-27(26)29(34(5,6)7)20-28(22)30-18-24(15-16-35(30)8)32-19-25-17-23(21-33(2,3)4)13-14-31(25)36-32/h9-20H,21H2,1-8H3/q+1. The Morgan fingerprint density at radius 2 is 1.53 bits per heavy atom. The number of aromatic nitrogens is 1. The van der Waals surface area contributed by atoms with Crippen LogP contribution in [0.2, 0.25) is 0 Å². The van der Waals surface area contributed by atoms with Gasteiger partial charge in [-0.25, -0.2) is 4.57 Å². The highest BCUT2D eigenvalue weighted by Crippen LogP contribution is 2.39. The summed E-state index contributed by atoms with van der Waals surface area (Å²) in [5.74, 6) is 0. The van der Waals surface area contributed by atoms with Gasteiger partial charge in [0.25, 0.3) is 0 Å². The van der Waals surface area contributed by atoms with Gasteiger partial charge in [0.15, 0.2) is 6.20 Å². The average molecular weight is 493 g/mol. The van der Waals surface area contributed by atoms with E-state index >= 15 is 0 Å². The van der Waals surface area contributed by atoms with Gasteiger partial charge in [-0.3, -0.25) is 0 Å². The minimum absolute atomic E-state index is 0.0640. The Bertz CT molecular complexity index is 1590. The van der Waals surface area contributed by atoms with Crippen LogP contribution in [-0.4, -0.2) is 0 Å². The number of nitrogens with zero attached hydrogens (tertiary/aromatic N) is 1. The maximum atomic E-state index is 2.43. The van der Waals surface area contributed by atoms with Gasteiger partial charge in [-0.2, -0.15) is 0 Å². The van der Waals surface area contributed by atoms with Crippen LogP contribution in [0.4, 0.5) is 0 Å². The molecule has 0 aliphatic rings. The number of pyridine rings is 1. The van der Waals surface area contributed by atoms with Crippen molar-refractivity contribution in [3.63, 3.8) is 0 Å². The van der Waals surface area contributed by atoms with Gasteiger partial charge in [0, 0.05) is 32.8 Å². The van der Waals surface area contributed by atoms with Gasteiger partial charge in [0.1, 0.15) is 7.05 Å². The third-order valence-electron chi connectivity index (χ3n) is 7.15. The van der Waals surface area contributed by atoms with Crippen molar-refractivity contribution in [3.05, 3.63) is 89.6 Å². The summed E-state index contributed by atoms with van der Waals surface area (Å²) >= 11 is 1.89. The number of fused-ring (bicyclic) bond motifs is 2. The van der Waals surface area contributed by atoms with Crippen molar-refractivity contribution >= 4 is 32.2 Å². The molecule has 0 amide bonds. The third-order valence-corrected chi connectivity index (χ3v) is 8.31. The summed E-state index contributed by atoms with van der Waals surface area (Å²) in [6.45, 7) is 16.1. The molecule has 0 fully saturated rings. The molecule has 2 heterocycles. The number of thiophene rings is 1. The van der Waals surface area contributed by atoms with Crippen molar-refractivity contribution in [3.8, 4) is 21.7 Å². The Labute approximate surface area is 220 Å². The van der Waals surface area contributed by atoms with Crippen LogP contribution >= 0.6 is 11.3 Å². The SMILES string of the molecule is Cc1c(-c2cc(-c3cc4cc(CC(C)(C)C)ccc4s3)cc[n+]2C)cc(C(C)(C)C)c2ccccc12. The average Bonchev–Trinajstić information content (AvgIpc) is 3.21. The zero-order chi connectivity index (χ0) is 25.8. The van der Waals surface area contributed by atoms with E-state index < -0.39 is 0 Å². The summed E-state index contributed by atoms with van der Waals surface area (Å²) in [6.07, 6.45) is 3.31. The highest BCUT2D eigenvalue weighted by Gasteiger charge is 2.23. The predicted molar refractivity (Wildman–Crippen MR) is 158 cm³/mol. The van der Waals surface area contributed by atoms with E-state index in [0.29, 0.717) is 5.41 Å². The lowest BCUT2D eigenvalue weighted by Gasteiger charge is -2.24. The molecule has 5 aromatic rings. The quantitative estimate of drug-likeness (QED) is 0.221. The van der Waals surface area contributed by atoms with E-state index in [1.165, 1.54) is 59.2 Å². The molecular weight excluding hydrogens is 454 g/mol. The first-order valence-electron chi connectivity index (χ1n) is 13.0. The summed E-state index contributed by atoms with van der Waals surface area (Å²) in [7, 11) is 2.16. The van der Waals surface area contributed by atoms with Crippen molar-refractivity contribution < 1.29 is 4.57 Å². The molecule has 5 rings (SSSR count). The van der Waals surface area contributed by atoms with E-state index in [-0.39, 0.29) is 5.41 Å². The summed E-state index contributed by atoms with van der Waals surface area (Å²) in [4.78, 5) is 1.33. The lowest BCUT2D eigenvalue weighted by molar-refractivity contribution is -0.660. The number of aryl methyl sites for hydroxylation is 2. The minimum Gasteiger partial charge on any atom is -0.201 e. The van der Waals surface area contributed by atoms with Gasteiger partial charge < -0.3 is 0 Å². The first-order valence-corrected chi connectivity index (χ1v) is 13.8. The van der Waals surface area contributed by atoms with Gasteiger partial charge in [0.2, 0.25) is 5.69 Å². The largest absolute Gasteiger partial charge is 0.213 e. The van der Waals surface area contributed by atoms with E-state index in [4.69, 9.17) is 0 Å². The lowest BCUT2D eigenvalue weighted by atomic mass is 9.80. The topological polar surface area (TPSA) is 3.88 Å². The van der Waals surface area contributed by atoms with Crippen molar-refractivity contribution in [1.82, 2.24) is 0 Å². The zero-order valence-electron chi connectivity index (χ0n) is 23.0. The molecule has 0 aliphatic carbocycles. The number of hydrogen-bond acceptors (Lipinski definition) is 1. The van der Waals surface area contributed by atoms with Crippen LogP contribution in [0.1, 0.15) is 58.2 Å². The Morgan fingerprint density at radius 1 is 0.806 bits per heavy atom. The smallest absolute Gasteiger partial charge is 0.201 e. The fourth-order valence-electron chi connectivity index (χ4n) is 5.36. The molecule has 2 aromatic heterocycles. The normalized spacial score (nSPS) is 12.6. The van der Waals surface area contributed by atoms with Gasteiger partial charge in [-0.15, -0.1) is 11.3 Å². The van der Waals surface area contributed by atoms with E-state index in [1.807, 2.05) is 11.3 Å². The van der Waals surface area contributed by atoms with E-state index in [9.17, 15) is 0 Å². The Hall–Kier alpha value is -2.97. The second-order valence-corrected chi connectivity index (χ2v) is 13.6. The van der Waals surface area contributed by atoms with Crippen LogP contribution in [0, 0.1) is 12.3 Å². The summed E-state index contributed by atoms with van der Waals surface area (Å²) in [6, 6.07) is 25.3. The van der Waals surface area contributed by atoms with Crippen molar-refractivity contribution in [2.75, 3.05) is 0 Å². The fourth-order valence-corrected chi connectivity index (χ4v) is 6.39. The minimum atomic E-state index is 0.0640. The highest BCUT2D eigenvalue weighted by atomic mass is 32.1. The monoisotopic (exact) mass is 492 g/mol. The first kappa shape index (κ1) is 24.7. The first-order chi connectivity index (χ1) is 16.9. The molecule has 0 radical (unpaired) electrons. The van der Waals surface area contributed by atoms with Crippen molar-refractivity contribution in [2.24, 2.45) is 12.5 Å². The predicted octanol–water partition coefficient (Wildman–Crippen LogP) is 9.41. The Morgan fingerprint density at radius 3 is 2.22 bits per heavy atom. The van der Waals surface area contributed by atoms with Crippen LogP contribution in [0.3, 0.4) is 0 Å². The molecule has 0 aliphatic heterocycles. The lowest BCUT2D eigenvalue weighted by Crippen LogP contribution is -2.30. The maximum absolute atomic E-state index is 2.43. The number of rotatable bonds is 3. The van der Waals surface area contributed by atoms with Crippen LogP contribution < -0.4 is 4.57 Å². The molecular formula is C34H38NS+. The highest BCUT2D eigenvalue weighted by molar-refractivity contribution is 7.22. The van der Waals surface area contributed by atoms with Gasteiger partial charge in [0.05, 0.1) is 0 Å².